The average Bonchev–Trinajstić information content (AvgIpc) is 2.51. The molecule has 0 bridgehead atoms. The molecule has 0 aliphatic rings. The second-order valence-corrected chi connectivity index (χ2v) is 5.37. The second-order valence-electron chi connectivity index (χ2n) is 5.37. The summed E-state index contributed by atoms with van der Waals surface area (Å²) in [7, 11) is 3.86. The molecule has 4 heteroatoms. The quantitative estimate of drug-likeness (QED) is 0.636. The highest BCUT2D eigenvalue weighted by Gasteiger charge is 2.09. The highest BCUT2D eigenvalue weighted by Crippen LogP contribution is 2.13. The Morgan fingerprint density at radius 2 is 1.95 bits per heavy atom. The third-order valence-corrected chi connectivity index (χ3v) is 3.63. The Morgan fingerprint density at radius 3 is 2.57 bits per heavy atom. The van der Waals surface area contributed by atoms with Crippen LogP contribution < -0.4 is 10.1 Å². The van der Waals surface area contributed by atoms with Crippen LogP contribution >= 0.6 is 0 Å². The fourth-order valence-electron chi connectivity index (χ4n) is 2.09. The van der Waals surface area contributed by atoms with Crippen molar-refractivity contribution in [1.82, 2.24) is 10.2 Å². The Hall–Kier alpha value is -1.10. The van der Waals surface area contributed by atoms with E-state index in [1.165, 1.54) is 5.56 Å². The lowest BCUT2D eigenvalue weighted by atomic mass is 10.2. The molecule has 1 aromatic rings. The topological polar surface area (TPSA) is 33.7 Å². The fraction of sp³-hybridized carbons (Fsp3) is 0.647. The number of nitrogens with one attached hydrogen (secondary N) is 1. The van der Waals surface area contributed by atoms with Gasteiger partial charge >= 0.3 is 0 Å². The molecule has 21 heavy (non-hydrogen) atoms. The number of hydrogen-bond donors (Lipinski definition) is 1. The molecule has 120 valence electrons. The SMILES string of the molecule is CCOCCCNCC(C)N(C)Cc1ccc(OC)cc1. The van der Waals surface area contributed by atoms with E-state index in [1.807, 2.05) is 19.1 Å². The van der Waals surface area contributed by atoms with Crippen molar-refractivity contribution in [3.63, 3.8) is 0 Å². The molecule has 0 aliphatic heterocycles. The summed E-state index contributed by atoms with van der Waals surface area (Å²) in [4.78, 5) is 2.36. The van der Waals surface area contributed by atoms with Gasteiger partial charge in [0.05, 0.1) is 7.11 Å². The molecule has 0 radical (unpaired) electrons. The van der Waals surface area contributed by atoms with E-state index in [9.17, 15) is 0 Å². The van der Waals surface area contributed by atoms with Crippen molar-refractivity contribution >= 4 is 0 Å². The van der Waals surface area contributed by atoms with Gasteiger partial charge in [0, 0.05) is 32.3 Å². The molecule has 0 aromatic heterocycles. The summed E-state index contributed by atoms with van der Waals surface area (Å²) in [5.41, 5.74) is 1.31. The lowest BCUT2D eigenvalue weighted by Gasteiger charge is -2.25. The summed E-state index contributed by atoms with van der Waals surface area (Å²) in [6, 6.07) is 8.77. The highest BCUT2D eigenvalue weighted by molar-refractivity contribution is 5.27. The van der Waals surface area contributed by atoms with Gasteiger partial charge in [0.1, 0.15) is 5.75 Å². The molecule has 1 N–H and O–H groups in total. The van der Waals surface area contributed by atoms with Gasteiger partial charge in [-0.05, 0) is 51.6 Å². The van der Waals surface area contributed by atoms with Crippen molar-refractivity contribution in [3.05, 3.63) is 29.8 Å². The largest absolute Gasteiger partial charge is 0.497 e. The van der Waals surface area contributed by atoms with Crippen LogP contribution in [0, 0.1) is 0 Å². The summed E-state index contributed by atoms with van der Waals surface area (Å²) < 4.78 is 10.5. The zero-order valence-electron chi connectivity index (χ0n) is 13.9. The maximum Gasteiger partial charge on any atom is 0.118 e. The molecule has 0 saturated carbocycles. The maximum atomic E-state index is 5.33. The van der Waals surface area contributed by atoms with Crippen LogP contribution in [0.1, 0.15) is 25.8 Å². The summed E-state index contributed by atoms with van der Waals surface area (Å²) in [5, 5.41) is 3.49. The Bertz CT molecular complexity index is 368. The number of likely N-dealkylation sites (N-methyl/N-ethyl adjacent to an activating group) is 1. The van der Waals surface area contributed by atoms with E-state index >= 15 is 0 Å². The third kappa shape index (κ3) is 7.46. The first-order valence-electron chi connectivity index (χ1n) is 7.79. The lowest BCUT2D eigenvalue weighted by molar-refractivity contribution is 0.144. The molecule has 0 spiro atoms. The maximum absolute atomic E-state index is 5.33. The average molecular weight is 294 g/mol. The predicted octanol–water partition coefficient (Wildman–Crippen LogP) is 2.53. The minimum atomic E-state index is 0.499. The van der Waals surface area contributed by atoms with Gasteiger partial charge in [-0.3, -0.25) is 4.90 Å². The van der Waals surface area contributed by atoms with Crippen LogP contribution in [-0.4, -0.2) is 51.4 Å². The van der Waals surface area contributed by atoms with Gasteiger partial charge < -0.3 is 14.8 Å². The minimum Gasteiger partial charge on any atom is -0.497 e. The second kappa shape index (κ2) is 10.6. The molecular formula is C17H30N2O2. The van der Waals surface area contributed by atoms with Crippen LogP contribution in [0.15, 0.2) is 24.3 Å². The summed E-state index contributed by atoms with van der Waals surface area (Å²) in [6.45, 7) is 8.90. The van der Waals surface area contributed by atoms with Crippen molar-refractivity contribution in [1.29, 1.82) is 0 Å². The fourth-order valence-corrected chi connectivity index (χ4v) is 2.09. The molecule has 1 aromatic carbocycles. The van der Waals surface area contributed by atoms with Crippen molar-refractivity contribution < 1.29 is 9.47 Å². The highest BCUT2D eigenvalue weighted by atomic mass is 16.5. The first kappa shape index (κ1) is 18.0. The summed E-state index contributed by atoms with van der Waals surface area (Å²) in [5.74, 6) is 0.908. The number of nitrogens with zero attached hydrogens (tertiary/aromatic N) is 1. The standard InChI is InChI=1S/C17H30N2O2/c1-5-21-12-6-11-18-13-15(2)19(3)14-16-7-9-17(20-4)10-8-16/h7-10,15,18H,5-6,11-14H2,1-4H3. The Kier molecular flexibility index (Phi) is 9.06. The van der Waals surface area contributed by atoms with Crippen molar-refractivity contribution in [2.24, 2.45) is 0 Å². The van der Waals surface area contributed by atoms with Gasteiger partial charge in [-0.2, -0.15) is 0 Å². The first-order chi connectivity index (χ1) is 10.2. The van der Waals surface area contributed by atoms with Crippen LogP contribution in [0.2, 0.25) is 0 Å². The molecule has 0 fully saturated rings. The molecule has 4 nitrogen and oxygen atoms in total. The molecule has 1 rings (SSSR count). The molecule has 1 unspecified atom stereocenters. The normalized spacial score (nSPS) is 12.6. The van der Waals surface area contributed by atoms with Gasteiger partial charge in [0.15, 0.2) is 0 Å². The van der Waals surface area contributed by atoms with Crippen LogP contribution in [0.25, 0.3) is 0 Å². The van der Waals surface area contributed by atoms with E-state index in [0.29, 0.717) is 6.04 Å². The number of hydrogen-bond acceptors (Lipinski definition) is 4. The molecule has 0 heterocycles. The summed E-state index contributed by atoms with van der Waals surface area (Å²) in [6.07, 6.45) is 1.07. The summed E-state index contributed by atoms with van der Waals surface area (Å²) >= 11 is 0. The number of ether oxygens (including phenoxy) is 2. The van der Waals surface area contributed by atoms with Gasteiger partial charge in [0.25, 0.3) is 0 Å². The van der Waals surface area contributed by atoms with Gasteiger partial charge in [-0.15, -0.1) is 0 Å². The Balaban J connectivity index is 2.22. The minimum absolute atomic E-state index is 0.499. The monoisotopic (exact) mass is 294 g/mol. The molecule has 1 atom stereocenters. The zero-order chi connectivity index (χ0) is 15.5. The van der Waals surface area contributed by atoms with E-state index in [1.54, 1.807) is 7.11 Å². The molecular weight excluding hydrogens is 264 g/mol. The zero-order valence-corrected chi connectivity index (χ0v) is 13.9. The van der Waals surface area contributed by atoms with Crippen LogP contribution in [0.4, 0.5) is 0 Å². The van der Waals surface area contributed by atoms with E-state index < -0.39 is 0 Å². The first-order valence-corrected chi connectivity index (χ1v) is 7.79. The predicted molar refractivity (Wildman–Crippen MR) is 87.9 cm³/mol. The van der Waals surface area contributed by atoms with Crippen molar-refractivity contribution in [3.8, 4) is 5.75 Å². The molecule has 0 saturated heterocycles. The van der Waals surface area contributed by atoms with Crippen LogP contribution in [0.5, 0.6) is 5.75 Å². The van der Waals surface area contributed by atoms with Crippen molar-refractivity contribution in [2.75, 3.05) is 40.5 Å². The Morgan fingerprint density at radius 1 is 1.24 bits per heavy atom. The molecule has 0 aliphatic carbocycles. The number of rotatable bonds is 11. The van der Waals surface area contributed by atoms with Gasteiger partial charge in [-0.25, -0.2) is 0 Å². The van der Waals surface area contributed by atoms with Gasteiger partial charge in [0.2, 0.25) is 0 Å². The number of benzene rings is 1. The smallest absolute Gasteiger partial charge is 0.118 e. The van der Waals surface area contributed by atoms with Crippen molar-refractivity contribution in [2.45, 2.75) is 32.9 Å². The Labute approximate surface area is 129 Å². The van der Waals surface area contributed by atoms with Gasteiger partial charge in [-0.1, -0.05) is 12.1 Å². The van der Waals surface area contributed by atoms with Crippen LogP contribution in [0.3, 0.4) is 0 Å². The van der Waals surface area contributed by atoms with E-state index in [4.69, 9.17) is 9.47 Å². The van der Waals surface area contributed by atoms with Crippen LogP contribution in [-0.2, 0) is 11.3 Å². The third-order valence-electron chi connectivity index (χ3n) is 3.63. The van der Waals surface area contributed by atoms with E-state index in [-0.39, 0.29) is 0 Å². The lowest BCUT2D eigenvalue weighted by Crippen LogP contribution is -2.38. The van der Waals surface area contributed by atoms with E-state index in [2.05, 4.69) is 36.3 Å². The van der Waals surface area contributed by atoms with E-state index in [0.717, 1.165) is 45.0 Å². The number of methoxy groups -OCH3 is 1. The molecule has 0 amide bonds.